The largest absolute Gasteiger partial charge is 0.464 e. The summed E-state index contributed by atoms with van der Waals surface area (Å²) in [5.41, 5.74) is -0.270. The molecule has 0 aliphatic rings. The van der Waals surface area contributed by atoms with Crippen LogP contribution in [-0.4, -0.2) is 18.6 Å². The smallest absolute Gasteiger partial charge is 0.330 e. The van der Waals surface area contributed by atoms with E-state index in [-0.39, 0.29) is 17.8 Å². The number of esters is 1. The van der Waals surface area contributed by atoms with Crippen molar-refractivity contribution >= 4 is 5.97 Å². The molecule has 1 rings (SSSR count). The van der Waals surface area contributed by atoms with Gasteiger partial charge in [-0.15, -0.1) is 0 Å². The van der Waals surface area contributed by atoms with Crippen LogP contribution in [0, 0.1) is 5.82 Å². The lowest BCUT2D eigenvalue weighted by Gasteiger charge is -2.31. The standard InChI is InChI=1S/C14H20FNO2/c1-5-18-13(17)14(4,16-10(2)3)11-6-8-12(15)9-7-11/h6-10,16H,5H2,1-4H3. The van der Waals surface area contributed by atoms with Crippen molar-refractivity contribution in [1.82, 2.24) is 5.32 Å². The zero-order valence-corrected chi connectivity index (χ0v) is 11.3. The second kappa shape index (κ2) is 5.96. The lowest BCUT2D eigenvalue weighted by Crippen LogP contribution is -2.50. The van der Waals surface area contributed by atoms with Crippen molar-refractivity contribution in [3.63, 3.8) is 0 Å². The van der Waals surface area contributed by atoms with E-state index in [2.05, 4.69) is 5.32 Å². The highest BCUT2D eigenvalue weighted by molar-refractivity contribution is 5.82. The first-order valence-corrected chi connectivity index (χ1v) is 6.11. The summed E-state index contributed by atoms with van der Waals surface area (Å²) in [6.45, 7) is 7.72. The summed E-state index contributed by atoms with van der Waals surface area (Å²) >= 11 is 0. The maximum Gasteiger partial charge on any atom is 0.330 e. The summed E-state index contributed by atoms with van der Waals surface area (Å²) in [5.74, 6) is -0.681. The number of benzene rings is 1. The average molecular weight is 253 g/mol. The van der Waals surface area contributed by atoms with Crippen LogP contribution in [0.15, 0.2) is 24.3 Å². The monoisotopic (exact) mass is 253 g/mol. The van der Waals surface area contributed by atoms with Crippen LogP contribution in [0.4, 0.5) is 4.39 Å². The van der Waals surface area contributed by atoms with Gasteiger partial charge in [0.05, 0.1) is 6.61 Å². The first-order valence-electron chi connectivity index (χ1n) is 6.11. The number of nitrogens with one attached hydrogen (secondary N) is 1. The molecule has 0 fully saturated rings. The first kappa shape index (κ1) is 14.6. The van der Waals surface area contributed by atoms with E-state index >= 15 is 0 Å². The maximum atomic E-state index is 12.9. The van der Waals surface area contributed by atoms with Crippen LogP contribution in [0.2, 0.25) is 0 Å². The third-order valence-electron chi connectivity index (χ3n) is 2.68. The van der Waals surface area contributed by atoms with E-state index < -0.39 is 5.54 Å². The van der Waals surface area contributed by atoms with E-state index in [1.54, 1.807) is 26.0 Å². The molecule has 0 radical (unpaired) electrons. The van der Waals surface area contributed by atoms with Crippen molar-refractivity contribution in [3.05, 3.63) is 35.6 Å². The molecule has 1 atom stereocenters. The predicted molar refractivity (Wildman–Crippen MR) is 68.7 cm³/mol. The minimum absolute atomic E-state index is 0.101. The lowest BCUT2D eigenvalue weighted by atomic mass is 9.91. The number of carbonyl (C=O) groups is 1. The Bertz CT molecular complexity index is 403. The number of halogens is 1. The molecule has 0 spiro atoms. The van der Waals surface area contributed by atoms with Gasteiger partial charge < -0.3 is 4.74 Å². The molecule has 1 N–H and O–H groups in total. The number of carbonyl (C=O) groups excluding carboxylic acids is 1. The predicted octanol–water partition coefficient (Wildman–Crippen LogP) is 2.60. The van der Waals surface area contributed by atoms with Crippen LogP contribution in [0.1, 0.15) is 33.3 Å². The summed E-state index contributed by atoms with van der Waals surface area (Å²) in [5, 5.41) is 3.18. The van der Waals surface area contributed by atoms with Gasteiger partial charge in [0.15, 0.2) is 0 Å². The average Bonchev–Trinajstić information content (AvgIpc) is 2.29. The topological polar surface area (TPSA) is 38.3 Å². The molecular formula is C14H20FNO2. The molecule has 3 nitrogen and oxygen atoms in total. The molecule has 0 aliphatic heterocycles. The number of hydrogen-bond acceptors (Lipinski definition) is 3. The summed E-state index contributed by atoms with van der Waals surface area (Å²) in [7, 11) is 0. The van der Waals surface area contributed by atoms with Crippen LogP contribution >= 0.6 is 0 Å². The Morgan fingerprint density at radius 3 is 2.39 bits per heavy atom. The van der Waals surface area contributed by atoms with Gasteiger partial charge in [-0.3, -0.25) is 5.32 Å². The number of rotatable bonds is 5. The van der Waals surface area contributed by atoms with Gasteiger partial charge in [-0.25, -0.2) is 9.18 Å². The molecule has 100 valence electrons. The summed E-state index contributed by atoms with van der Waals surface area (Å²) in [6, 6.07) is 5.98. The highest BCUT2D eigenvalue weighted by Gasteiger charge is 2.37. The third-order valence-corrected chi connectivity index (χ3v) is 2.68. The van der Waals surface area contributed by atoms with Crippen LogP contribution < -0.4 is 5.32 Å². The summed E-state index contributed by atoms with van der Waals surface area (Å²) < 4.78 is 18.0. The Labute approximate surface area is 107 Å². The zero-order valence-electron chi connectivity index (χ0n) is 11.3. The van der Waals surface area contributed by atoms with Gasteiger partial charge >= 0.3 is 5.97 Å². The van der Waals surface area contributed by atoms with Crippen LogP contribution in [0.5, 0.6) is 0 Å². The Balaban J connectivity index is 3.10. The molecular weight excluding hydrogens is 233 g/mol. The van der Waals surface area contributed by atoms with Crippen LogP contribution in [0.3, 0.4) is 0 Å². The van der Waals surface area contributed by atoms with E-state index in [1.165, 1.54) is 12.1 Å². The fraction of sp³-hybridized carbons (Fsp3) is 0.500. The molecule has 0 bridgehead atoms. The van der Waals surface area contributed by atoms with Gasteiger partial charge in [0.25, 0.3) is 0 Å². The quantitative estimate of drug-likeness (QED) is 0.820. The third kappa shape index (κ3) is 3.29. The van der Waals surface area contributed by atoms with E-state index in [0.29, 0.717) is 12.2 Å². The van der Waals surface area contributed by atoms with Crippen LogP contribution in [0.25, 0.3) is 0 Å². The normalized spacial score (nSPS) is 14.3. The minimum atomic E-state index is -0.960. The van der Waals surface area contributed by atoms with Crippen molar-refractivity contribution in [2.24, 2.45) is 0 Å². The van der Waals surface area contributed by atoms with Crippen molar-refractivity contribution < 1.29 is 13.9 Å². The molecule has 0 amide bonds. The maximum absolute atomic E-state index is 12.9. The van der Waals surface area contributed by atoms with Crippen LogP contribution in [-0.2, 0) is 15.1 Å². The fourth-order valence-corrected chi connectivity index (χ4v) is 1.90. The first-order chi connectivity index (χ1) is 8.40. The van der Waals surface area contributed by atoms with Gasteiger partial charge in [-0.1, -0.05) is 12.1 Å². The Kier molecular flexibility index (Phi) is 4.84. The van der Waals surface area contributed by atoms with E-state index in [9.17, 15) is 9.18 Å². The van der Waals surface area contributed by atoms with E-state index in [4.69, 9.17) is 4.74 Å². The molecule has 0 heterocycles. The molecule has 1 unspecified atom stereocenters. The molecule has 0 saturated heterocycles. The van der Waals surface area contributed by atoms with Gasteiger partial charge in [0, 0.05) is 6.04 Å². The van der Waals surface area contributed by atoms with Gasteiger partial charge in [0.1, 0.15) is 11.4 Å². The highest BCUT2D eigenvalue weighted by atomic mass is 19.1. The molecule has 0 aliphatic carbocycles. The Hall–Kier alpha value is -1.42. The van der Waals surface area contributed by atoms with Crippen molar-refractivity contribution in [2.45, 2.75) is 39.3 Å². The summed E-state index contributed by atoms with van der Waals surface area (Å²) in [4.78, 5) is 12.1. The van der Waals surface area contributed by atoms with Crippen molar-refractivity contribution in [1.29, 1.82) is 0 Å². The second-order valence-corrected chi connectivity index (χ2v) is 4.65. The van der Waals surface area contributed by atoms with Gasteiger partial charge in [0.2, 0.25) is 0 Å². The van der Waals surface area contributed by atoms with E-state index in [0.717, 1.165) is 0 Å². The molecule has 1 aromatic carbocycles. The fourth-order valence-electron chi connectivity index (χ4n) is 1.90. The minimum Gasteiger partial charge on any atom is -0.464 e. The molecule has 4 heteroatoms. The number of ether oxygens (including phenoxy) is 1. The Morgan fingerprint density at radius 2 is 1.94 bits per heavy atom. The lowest BCUT2D eigenvalue weighted by molar-refractivity contribution is -0.151. The van der Waals surface area contributed by atoms with E-state index in [1.807, 2.05) is 13.8 Å². The molecule has 0 saturated carbocycles. The van der Waals surface area contributed by atoms with Gasteiger partial charge in [-0.05, 0) is 45.4 Å². The molecule has 1 aromatic rings. The zero-order chi connectivity index (χ0) is 13.8. The van der Waals surface area contributed by atoms with Crippen molar-refractivity contribution in [3.8, 4) is 0 Å². The molecule has 0 aromatic heterocycles. The molecule has 18 heavy (non-hydrogen) atoms. The SMILES string of the molecule is CCOC(=O)C(C)(NC(C)C)c1ccc(F)cc1. The summed E-state index contributed by atoms with van der Waals surface area (Å²) in [6.07, 6.45) is 0. The van der Waals surface area contributed by atoms with Crippen molar-refractivity contribution in [2.75, 3.05) is 6.61 Å². The highest BCUT2D eigenvalue weighted by Crippen LogP contribution is 2.23. The van der Waals surface area contributed by atoms with Gasteiger partial charge in [-0.2, -0.15) is 0 Å². The number of hydrogen-bond donors (Lipinski definition) is 1. The second-order valence-electron chi connectivity index (χ2n) is 4.65. The Morgan fingerprint density at radius 1 is 1.39 bits per heavy atom.